The molecule has 0 aromatic heterocycles. The number of methoxy groups -OCH3 is 1. The summed E-state index contributed by atoms with van der Waals surface area (Å²) in [6.07, 6.45) is 0. The minimum Gasteiger partial charge on any atom is -0.497 e. The molecule has 2 aromatic carbocycles. The first-order valence-electron chi connectivity index (χ1n) is 6.30. The van der Waals surface area contributed by atoms with Crippen LogP contribution in [0.5, 0.6) is 5.75 Å². The van der Waals surface area contributed by atoms with E-state index in [0.29, 0.717) is 10.6 Å². The molecule has 0 aliphatic heterocycles. The lowest BCUT2D eigenvalue weighted by Gasteiger charge is -2.15. The number of hydrogen-bond acceptors (Lipinski definition) is 2. The van der Waals surface area contributed by atoms with Gasteiger partial charge in [0.05, 0.1) is 13.2 Å². The summed E-state index contributed by atoms with van der Waals surface area (Å²) < 4.78 is 5.11. The zero-order valence-electron chi connectivity index (χ0n) is 11.4. The summed E-state index contributed by atoms with van der Waals surface area (Å²) in [5.74, 6) is 0.676. The topological polar surface area (TPSA) is 38.3 Å². The van der Waals surface area contributed by atoms with Crippen LogP contribution in [0.3, 0.4) is 0 Å². The van der Waals surface area contributed by atoms with E-state index < -0.39 is 0 Å². The first kappa shape index (κ1) is 14.4. The van der Waals surface area contributed by atoms with Crippen molar-refractivity contribution in [2.24, 2.45) is 0 Å². The van der Waals surface area contributed by atoms with Crippen LogP contribution in [0.2, 0.25) is 5.02 Å². The molecule has 1 atom stereocenters. The summed E-state index contributed by atoms with van der Waals surface area (Å²) in [6.45, 7) is 1.94. The van der Waals surface area contributed by atoms with Crippen LogP contribution in [-0.2, 0) is 0 Å². The summed E-state index contributed by atoms with van der Waals surface area (Å²) in [5.41, 5.74) is 1.61. The summed E-state index contributed by atoms with van der Waals surface area (Å²) in [6, 6.07) is 14.4. The van der Waals surface area contributed by atoms with Crippen LogP contribution in [-0.4, -0.2) is 13.0 Å². The van der Waals surface area contributed by atoms with Crippen molar-refractivity contribution in [1.29, 1.82) is 0 Å². The van der Waals surface area contributed by atoms with Gasteiger partial charge in [-0.15, -0.1) is 0 Å². The third kappa shape index (κ3) is 3.52. The molecule has 0 spiro atoms. The molecule has 20 heavy (non-hydrogen) atoms. The van der Waals surface area contributed by atoms with Crippen molar-refractivity contribution in [3.05, 3.63) is 64.7 Å². The van der Waals surface area contributed by atoms with Gasteiger partial charge < -0.3 is 10.1 Å². The number of hydrogen-bond donors (Lipinski definition) is 1. The second-order valence-electron chi connectivity index (χ2n) is 4.48. The molecule has 104 valence electrons. The number of halogens is 1. The number of amides is 1. The van der Waals surface area contributed by atoms with Gasteiger partial charge in [-0.1, -0.05) is 23.7 Å². The summed E-state index contributed by atoms with van der Waals surface area (Å²) in [4.78, 5) is 12.1. The Hall–Kier alpha value is -2.00. The van der Waals surface area contributed by atoms with Crippen LogP contribution >= 0.6 is 11.6 Å². The summed E-state index contributed by atoms with van der Waals surface area (Å²) >= 11 is 5.80. The molecule has 1 N–H and O–H groups in total. The molecule has 3 nitrogen and oxygen atoms in total. The van der Waals surface area contributed by atoms with E-state index in [1.54, 1.807) is 31.4 Å². The van der Waals surface area contributed by atoms with Crippen LogP contribution in [0.15, 0.2) is 48.5 Å². The molecule has 0 heterocycles. The maximum Gasteiger partial charge on any atom is 0.251 e. The Morgan fingerprint density at radius 3 is 2.25 bits per heavy atom. The lowest BCUT2D eigenvalue weighted by Crippen LogP contribution is -2.26. The fraction of sp³-hybridized carbons (Fsp3) is 0.188. The van der Waals surface area contributed by atoms with Crippen molar-refractivity contribution in [3.8, 4) is 5.75 Å². The molecule has 0 bridgehead atoms. The lowest BCUT2D eigenvalue weighted by molar-refractivity contribution is 0.0940. The van der Waals surface area contributed by atoms with Crippen molar-refractivity contribution >= 4 is 17.5 Å². The highest BCUT2D eigenvalue weighted by Crippen LogP contribution is 2.18. The van der Waals surface area contributed by atoms with E-state index in [4.69, 9.17) is 16.3 Å². The van der Waals surface area contributed by atoms with E-state index >= 15 is 0 Å². The van der Waals surface area contributed by atoms with E-state index in [1.165, 1.54) is 0 Å². The first-order chi connectivity index (χ1) is 9.60. The Labute approximate surface area is 123 Å². The number of ether oxygens (including phenoxy) is 1. The van der Waals surface area contributed by atoms with Gasteiger partial charge in [0.1, 0.15) is 5.75 Å². The number of carbonyl (C=O) groups excluding carboxylic acids is 1. The van der Waals surface area contributed by atoms with Gasteiger partial charge in [0.2, 0.25) is 0 Å². The van der Waals surface area contributed by atoms with Crippen LogP contribution in [0.25, 0.3) is 0 Å². The van der Waals surface area contributed by atoms with E-state index in [1.807, 2.05) is 31.2 Å². The molecule has 4 heteroatoms. The highest BCUT2D eigenvalue weighted by Gasteiger charge is 2.11. The van der Waals surface area contributed by atoms with Crippen LogP contribution in [0.4, 0.5) is 0 Å². The predicted octanol–water partition coefficient (Wildman–Crippen LogP) is 3.84. The zero-order chi connectivity index (χ0) is 14.5. The molecule has 0 fully saturated rings. The van der Waals surface area contributed by atoms with Gasteiger partial charge in [-0.3, -0.25) is 4.79 Å². The maximum atomic E-state index is 12.1. The molecule has 0 saturated heterocycles. The van der Waals surface area contributed by atoms with Crippen molar-refractivity contribution in [1.82, 2.24) is 5.32 Å². The first-order valence-corrected chi connectivity index (χ1v) is 6.68. The molecular weight excluding hydrogens is 274 g/mol. The Kier molecular flexibility index (Phi) is 4.64. The molecule has 0 aliphatic rings. The van der Waals surface area contributed by atoms with Crippen molar-refractivity contribution in [3.63, 3.8) is 0 Å². The van der Waals surface area contributed by atoms with Gasteiger partial charge in [-0.05, 0) is 48.9 Å². The van der Waals surface area contributed by atoms with Crippen LogP contribution in [0.1, 0.15) is 28.9 Å². The van der Waals surface area contributed by atoms with Gasteiger partial charge in [-0.25, -0.2) is 0 Å². The quantitative estimate of drug-likeness (QED) is 0.929. The maximum absolute atomic E-state index is 12.1. The Morgan fingerprint density at radius 1 is 1.10 bits per heavy atom. The molecule has 1 unspecified atom stereocenters. The Morgan fingerprint density at radius 2 is 1.70 bits per heavy atom. The van der Waals surface area contributed by atoms with E-state index in [2.05, 4.69) is 5.32 Å². The average molecular weight is 290 g/mol. The van der Waals surface area contributed by atoms with Crippen LogP contribution < -0.4 is 10.1 Å². The lowest BCUT2D eigenvalue weighted by atomic mass is 10.1. The van der Waals surface area contributed by atoms with Gasteiger partial charge >= 0.3 is 0 Å². The SMILES string of the molecule is COc1ccc(C(C)NC(=O)c2ccc(Cl)cc2)cc1. The molecule has 2 aromatic rings. The minimum atomic E-state index is -0.120. The third-order valence-electron chi connectivity index (χ3n) is 3.07. The van der Waals surface area contributed by atoms with E-state index in [9.17, 15) is 4.79 Å². The molecule has 0 aliphatic carbocycles. The molecule has 0 radical (unpaired) electrons. The summed E-state index contributed by atoms with van der Waals surface area (Å²) in [7, 11) is 1.63. The van der Waals surface area contributed by atoms with Gasteiger partial charge in [0.25, 0.3) is 5.91 Å². The minimum absolute atomic E-state index is 0.0796. The number of carbonyl (C=O) groups is 1. The smallest absolute Gasteiger partial charge is 0.251 e. The highest BCUT2D eigenvalue weighted by atomic mass is 35.5. The monoisotopic (exact) mass is 289 g/mol. The Balaban J connectivity index is 2.04. The van der Waals surface area contributed by atoms with Gasteiger partial charge in [-0.2, -0.15) is 0 Å². The van der Waals surface area contributed by atoms with Crippen LogP contribution in [0, 0.1) is 0 Å². The molecular formula is C16H16ClNO2. The van der Waals surface area contributed by atoms with Crippen molar-refractivity contribution in [2.45, 2.75) is 13.0 Å². The normalized spacial score (nSPS) is 11.8. The molecule has 0 saturated carbocycles. The second-order valence-corrected chi connectivity index (χ2v) is 4.91. The number of rotatable bonds is 4. The third-order valence-corrected chi connectivity index (χ3v) is 3.32. The zero-order valence-corrected chi connectivity index (χ0v) is 12.1. The summed E-state index contributed by atoms with van der Waals surface area (Å²) in [5, 5.41) is 3.56. The largest absolute Gasteiger partial charge is 0.497 e. The second kappa shape index (κ2) is 6.44. The number of benzene rings is 2. The average Bonchev–Trinajstić information content (AvgIpc) is 2.48. The predicted molar refractivity (Wildman–Crippen MR) is 80.3 cm³/mol. The number of nitrogens with one attached hydrogen (secondary N) is 1. The molecule has 2 rings (SSSR count). The van der Waals surface area contributed by atoms with Gasteiger partial charge in [0.15, 0.2) is 0 Å². The van der Waals surface area contributed by atoms with Crippen molar-refractivity contribution in [2.75, 3.05) is 7.11 Å². The molecule has 1 amide bonds. The van der Waals surface area contributed by atoms with Gasteiger partial charge in [0, 0.05) is 10.6 Å². The fourth-order valence-electron chi connectivity index (χ4n) is 1.86. The highest BCUT2D eigenvalue weighted by molar-refractivity contribution is 6.30. The Bertz CT molecular complexity index is 578. The standard InChI is InChI=1S/C16H16ClNO2/c1-11(12-5-9-15(20-2)10-6-12)18-16(19)13-3-7-14(17)8-4-13/h3-11H,1-2H3,(H,18,19). The van der Waals surface area contributed by atoms with E-state index in [-0.39, 0.29) is 11.9 Å². The van der Waals surface area contributed by atoms with E-state index in [0.717, 1.165) is 11.3 Å². The van der Waals surface area contributed by atoms with Crippen molar-refractivity contribution < 1.29 is 9.53 Å². The fourth-order valence-corrected chi connectivity index (χ4v) is 1.98.